The topological polar surface area (TPSA) is 104 Å². The Bertz CT molecular complexity index is 829. The predicted molar refractivity (Wildman–Crippen MR) is 95.7 cm³/mol. The van der Waals surface area contributed by atoms with Crippen LogP contribution in [-0.4, -0.2) is 21.9 Å². The Morgan fingerprint density at radius 3 is 2.44 bits per heavy atom. The Labute approximate surface area is 149 Å². The summed E-state index contributed by atoms with van der Waals surface area (Å²) >= 11 is 1.05. The third kappa shape index (κ3) is 4.78. The molecular weight excluding hydrogens is 340 g/mol. The highest BCUT2D eigenvalue weighted by atomic mass is 32.1. The van der Waals surface area contributed by atoms with Crippen molar-refractivity contribution in [2.45, 2.75) is 33.3 Å². The number of aryl methyl sites for hydroxylation is 1. The smallest absolute Gasteiger partial charge is 0.338 e. The van der Waals surface area contributed by atoms with Gasteiger partial charge < -0.3 is 10.1 Å². The van der Waals surface area contributed by atoms with Gasteiger partial charge in [-0.1, -0.05) is 0 Å². The number of esters is 1. The van der Waals surface area contributed by atoms with Crippen molar-refractivity contribution >= 4 is 34.1 Å². The standard InChI is InChI=1S/C17H18N4O3S/c1-10-13(15(19-9-18)25-21-10)14(22)20-12-7-5-11(6-8-12)16(23)24-17(2,3)4/h5-8,19H,1-4H3,(H,20,22). The van der Waals surface area contributed by atoms with Gasteiger partial charge >= 0.3 is 5.97 Å². The van der Waals surface area contributed by atoms with Gasteiger partial charge in [-0.25, -0.2) is 4.79 Å². The Balaban J connectivity index is 2.12. The average molecular weight is 358 g/mol. The highest BCUT2D eigenvalue weighted by molar-refractivity contribution is 7.10. The number of nitrogens with zero attached hydrogens (tertiary/aromatic N) is 2. The van der Waals surface area contributed by atoms with E-state index < -0.39 is 11.6 Å². The summed E-state index contributed by atoms with van der Waals surface area (Å²) in [6.45, 7) is 7.08. The number of carbonyl (C=O) groups excluding carboxylic acids is 2. The van der Waals surface area contributed by atoms with Gasteiger partial charge in [-0.15, -0.1) is 0 Å². The largest absolute Gasteiger partial charge is 0.456 e. The van der Waals surface area contributed by atoms with Gasteiger partial charge in [0.25, 0.3) is 5.91 Å². The molecule has 1 heterocycles. The van der Waals surface area contributed by atoms with Crippen LogP contribution >= 0.6 is 11.5 Å². The van der Waals surface area contributed by atoms with Crippen LogP contribution in [0.2, 0.25) is 0 Å². The molecule has 2 aromatic rings. The van der Waals surface area contributed by atoms with E-state index in [1.807, 2.05) is 0 Å². The van der Waals surface area contributed by atoms with Gasteiger partial charge in [0.05, 0.1) is 16.8 Å². The van der Waals surface area contributed by atoms with Gasteiger partial charge in [0.2, 0.25) is 0 Å². The SMILES string of the molecule is Cc1nsc(NC#N)c1C(=O)Nc1ccc(C(=O)OC(C)(C)C)cc1. The molecule has 130 valence electrons. The summed E-state index contributed by atoms with van der Waals surface area (Å²) in [5.41, 5.74) is 1.20. The molecule has 2 N–H and O–H groups in total. The summed E-state index contributed by atoms with van der Waals surface area (Å²) in [5, 5.41) is 14.3. The zero-order valence-corrected chi connectivity index (χ0v) is 15.2. The summed E-state index contributed by atoms with van der Waals surface area (Å²) in [4.78, 5) is 24.4. The van der Waals surface area contributed by atoms with Crippen molar-refractivity contribution in [2.75, 3.05) is 10.6 Å². The lowest BCUT2D eigenvalue weighted by Crippen LogP contribution is -2.23. The van der Waals surface area contributed by atoms with Crippen molar-refractivity contribution in [1.29, 1.82) is 5.26 Å². The number of nitriles is 1. The maximum Gasteiger partial charge on any atom is 0.338 e. The molecule has 8 heteroatoms. The molecule has 1 aromatic heterocycles. The van der Waals surface area contributed by atoms with E-state index in [1.54, 1.807) is 58.2 Å². The average Bonchev–Trinajstić information content (AvgIpc) is 2.87. The Morgan fingerprint density at radius 1 is 1.24 bits per heavy atom. The molecule has 0 spiro atoms. The number of aromatic nitrogens is 1. The number of carbonyl (C=O) groups is 2. The van der Waals surface area contributed by atoms with Crippen molar-refractivity contribution in [3.8, 4) is 6.19 Å². The number of anilines is 2. The van der Waals surface area contributed by atoms with Crippen molar-refractivity contribution in [3.63, 3.8) is 0 Å². The molecule has 0 aliphatic rings. The lowest BCUT2D eigenvalue weighted by molar-refractivity contribution is 0.00695. The normalized spacial score (nSPS) is 10.7. The van der Waals surface area contributed by atoms with Crippen molar-refractivity contribution in [2.24, 2.45) is 0 Å². The lowest BCUT2D eigenvalue weighted by atomic mass is 10.1. The van der Waals surface area contributed by atoms with E-state index >= 15 is 0 Å². The maximum absolute atomic E-state index is 12.4. The molecule has 0 aliphatic heterocycles. The van der Waals surface area contributed by atoms with Crippen molar-refractivity contribution in [1.82, 2.24) is 4.37 Å². The summed E-state index contributed by atoms with van der Waals surface area (Å²) < 4.78 is 9.37. The number of hydrogen-bond acceptors (Lipinski definition) is 7. The van der Waals surface area contributed by atoms with E-state index in [9.17, 15) is 9.59 Å². The summed E-state index contributed by atoms with van der Waals surface area (Å²) in [7, 11) is 0. The molecule has 0 fully saturated rings. The molecule has 0 saturated carbocycles. The second-order valence-electron chi connectivity index (χ2n) is 6.24. The zero-order chi connectivity index (χ0) is 18.6. The minimum atomic E-state index is -0.572. The molecule has 25 heavy (non-hydrogen) atoms. The number of benzene rings is 1. The molecule has 1 amide bonds. The first kappa shape index (κ1) is 18.4. The third-order valence-corrected chi connectivity index (χ3v) is 3.89. The van der Waals surface area contributed by atoms with Gasteiger partial charge in [-0.2, -0.15) is 9.64 Å². The predicted octanol–water partition coefficient (Wildman–Crippen LogP) is 3.55. The van der Waals surface area contributed by atoms with Gasteiger partial charge in [0.1, 0.15) is 10.6 Å². The molecular formula is C17H18N4O3S. The quantitative estimate of drug-likeness (QED) is 0.492. The van der Waals surface area contributed by atoms with E-state index in [4.69, 9.17) is 10.00 Å². The van der Waals surface area contributed by atoms with Crippen LogP contribution < -0.4 is 10.6 Å². The molecule has 0 bridgehead atoms. The van der Waals surface area contributed by atoms with E-state index in [0.29, 0.717) is 27.5 Å². The molecule has 0 saturated heterocycles. The van der Waals surface area contributed by atoms with Crippen LogP contribution in [0, 0.1) is 18.4 Å². The first-order chi connectivity index (χ1) is 11.7. The molecule has 7 nitrogen and oxygen atoms in total. The first-order valence-corrected chi connectivity index (χ1v) is 8.25. The fourth-order valence-electron chi connectivity index (χ4n) is 1.99. The van der Waals surface area contributed by atoms with Crippen molar-refractivity contribution in [3.05, 3.63) is 41.1 Å². The summed E-state index contributed by atoms with van der Waals surface area (Å²) in [5.74, 6) is -0.808. The first-order valence-electron chi connectivity index (χ1n) is 7.47. The Hall–Kier alpha value is -2.92. The minimum Gasteiger partial charge on any atom is -0.456 e. The number of amides is 1. The van der Waals surface area contributed by atoms with Crippen LogP contribution in [0.5, 0.6) is 0 Å². The van der Waals surface area contributed by atoms with Gasteiger partial charge in [-0.05, 0) is 63.5 Å². The number of nitrogens with one attached hydrogen (secondary N) is 2. The van der Waals surface area contributed by atoms with E-state index in [0.717, 1.165) is 11.5 Å². The van der Waals surface area contributed by atoms with Gasteiger partial charge in [-0.3, -0.25) is 10.1 Å². The van der Waals surface area contributed by atoms with E-state index in [2.05, 4.69) is 15.0 Å². The van der Waals surface area contributed by atoms with Crippen LogP contribution in [0.15, 0.2) is 24.3 Å². The Kier molecular flexibility index (Phi) is 5.39. The second kappa shape index (κ2) is 7.32. The molecule has 0 atom stereocenters. The highest BCUT2D eigenvalue weighted by Gasteiger charge is 2.20. The van der Waals surface area contributed by atoms with Crippen LogP contribution in [0.4, 0.5) is 10.7 Å². The van der Waals surface area contributed by atoms with Gasteiger partial charge in [0, 0.05) is 5.69 Å². The van der Waals surface area contributed by atoms with E-state index in [-0.39, 0.29) is 5.91 Å². The molecule has 0 aliphatic carbocycles. The molecule has 1 aromatic carbocycles. The highest BCUT2D eigenvalue weighted by Crippen LogP contribution is 2.25. The molecule has 2 rings (SSSR count). The third-order valence-electron chi connectivity index (χ3n) is 3.04. The number of ether oxygens (including phenoxy) is 1. The van der Waals surface area contributed by atoms with Crippen LogP contribution in [0.3, 0.4) is 0 Å². The fourth-order valence-corrected chi connectivity index (χ4v) is 2.74. The second-order valence-corrected chi connectivity index (χ2v) is 7.02. The minimum absolute atomic E-state index is 0.322. The maximum atomic E-state index is 12.4. The monoisotopic (exact) mass is 358 g/mol. The summed E-state index contributed by atoms with van der Waals surface area (Å²) in [6.07, 6.45) is 1.78. The molecule has 0 radical (unpaired) electrons. The van der Waals surface area contributed by atoms with E-state index in [1.165, 1.54) is 0 Å². The zero-order valence-electron chi connectivity index (χ0n) is 14.3. The van der Waals surface area contributed by atoms with Crippen molar-refractivity contribution < 1.29 is 14.3 Å². The number of rotatable bonds is 4. The molecule has 0 unspecified atom stereocenters. The summed E-state index contributed by atoms with van der Waals surface area (Å²) in [6, 6.07) is 6.39. The lowest BCUT2D eigenvalue weighted by Gasteiger charge is -2.19. The van der Waals surface area contributed by atoms with Crippen LogP contribution in [0.25, 0.3) is 0 Å². The van der Waals surface area contributed by atoms with Crippen LogP contribution in [0.1, 0.15) is 47.2 Å². The van der Waals surface area contributed by atoms with Crippen LogP contribution in [-0.2, 0) is 4.74 Å². The Morgan fingerprint density at radius 2 is 1.88 bits per heavy atom. The van der Waals surface area contributed by atoms with Gasteiger partial charge in [0.15, 0.2) is 6.19 Å². The number of hydrogen-bond donors (Lipinski definition) is 2. The fraction of sp³-hybridized carbons (Fsp3) is 0.294.